The minimum absolute atomic E-state index is 0.332. The van der Waals surface area contributed by atoms with Gasteiger partial charge in [-0.3, -0.25) is 0 Å². The van der Waals surface area contributed by atoms with Gasteiger partial charge >= 0.3 is 0 Å². The van der Waals surface area contributed by atoms with Crippen molar-refractivity contribution in [1.82, 2.24) is 0 Å². The molecule has 0 bridgehead atoms. The van der Waals surface area contributed by atoms with Gasteiger partial charge in [-0.2, -0.15) is 7.05 Å². The zero-order valence-corrected chi connectivity index (χ0v) is 7.33. The molecule has 0 saturated heterocycles. The highest BCUT2D eigenvalue weighted by Gasteiger charge is 1.90. The van der Waals surface area contributed by atoms with Crippen LogP contribution in [0.4, 0.5) is 0 Å². The fraction of sp³-hybridized carbons (Fsp3) is 0.400. The molecule has 12 heavy (non-hydrogen) atoms. The van der Waals surface area contributed by atoms with Crippen LogP contribution in [0.5, 0.6) is 5.75 Å². The lowest BCUT2D eigenvalue weighted by atomic mass is 10.1. The lowest BCUT2D eigenvalue weighted by Crippen LogP contribution is -1.88. The number of aryl methyl sites for hydroxylation is 1. The van der Waals surface area contributed by atoms with Gasteiger partial charge in [0.05, 0.1) is 0 Å². The number of aromatic hydroxyl groups is 1. The molecular formula is C10H14NO-. The molecule has 0 radical (unpaired) electrons. The molecule has 0 heterocycles. The molecule has 0 unspecified atom stereocenters. The van der Waals surface area contributed by atoms with E-state index < -0.39 is 0 Å². The number of hydrogen-bond donors (Lipinski definition) is 1. The molecule has 0 fully saturated rings. The Balaban J connectivity index is 2.37. The molecule has 66 valence electrons. The minimum Gasteiger partial charge on any atom is -0.665 e. The zero-order chi connectivity index (χ0) is 8.81. The lowest BCUT2D eigenvalue weighted by Gasteiger charge is -2.09. The van der Waals surface area contributed by atoms with Gasteiger partial charge in [0, 0.05) is 0 Å². The molecule has 0 aliphatic carbocycles. The van der Waals surface area contributed by atoms with Gasteiger partial charge in [0.25, 0.3) is 0 Å². The first-order valence-electron chi connectivity index (χ1n) is 4.16. The molecule has 0 amide bonds. The maximum atomic E-state index is 9.01. The summed E-state index contributed by atoms with van der Waals surface area (Å²) in [5.74, 6) is 0.332. The maximum absolute atomic E-state index is 9.01. The van der Waals surface area contributed by atoms with Crippen molar-refractivity contribution >= 4 is 0 Å². The molecule has 0 atom stereocenters. The van der Waals surface area contributed by atoms with Gasteiger partial charge < -0.3 is 10.4 Å². The second-order valence-corrected chi connectivity index (χ2v) is 2.81. The van der Waals surface area contributed by atoms with Crippen LogP contribution >= 0.6 is 0 Å². The van der Waals surface area contributed by atoms with Crippen molar-refractivity contribution in [3.05, 3.63) is 35.1 Å². The Morgan fingerprint density at radius 3 is 2.50 bits per heavy atom. The Kier molecular flexibility index (Phi) is 3.61. The first kappa shape index (κ1) is 9.07. The summed E-state index contributed by atoms with van der Waals surface area (Å²) in [6.45, 7) is 0.918. The Bertz CT molecular complexity index is 218. The van der Waals surface area contributed by atoms with E-state index in [0.29, 0.717) is 5.75 Å². The second kappa shape index (κ2) is 4.78. The number of nitrogens with zero attached hydrogens (tertiary/aromatic N) is 1. The van der Waals surface area contributed by atoms with Gasteiger partial charge in [0.15, 0.2) is 0 Å². The summed E-state index contributed by atoms with van der Waals surface area (Å²) in [5, 5.41) is 13.0. The molecule has 0 aliphatic heterocycles. The largest absolute Gasteiger partial charge is 0.665 e. The Morgan fingerprint density at radius 1 is 1.25 bits per heavy atom. The summed E-state index contributed by atoms with van der Waals surface area (Å²) >= 11 is 0. The van der Waals surface area contributed by atoms with Crippen molar-refractivity contribution in [1.29, 1.82) is 0 Å². The smallest absolute Gasteiger partial charge is 0.115 e. The first-order chi connectivity index (χ1) is 5.83. The Hall–Kier alpha value is -1.02. The predicted octanol–water partition coefficient (Wildman–Crippen LogP) is 2.33. The summed E-state index contributed by atoms with van der Waals surface area (Å²) in [6, 6.07) is 7.34. The summed E-state index contributed by atoms with van der Waals surface area (Å²) in [4.78, 5) is 0. The third kappa shape index (κ3) is 2.93. The standard InChI is InChI=1S/C10H14NO/c1-11-8-2-3-9-4-6-10(12)7-5-9/h4-7,12H,2-3,8H2,1H3/q-1. The van der Waals surface area contributed by atoms with E-state index in [2.05, 4.69) is 5.32 Å². The Morgan fingerprint density at radius 2 is 1.92 bits per heavy atom. The van der Waals surface area contributed by atoms with E-state index in [1.165, 1.54) is 5.56 Å². The van der Waals surface area contributed by atoms with Crippen molar-refractivity contribution < 1.29 is 5.11 Å². The number of benzene rings is 1. The SMILES string of the molecule is C[N-]CCCc1ccc(O)cc1. The highest BCUT2D eigenvalue weighted by atomic mass is 16.3. The van der Waals surface area contributed by atoms with Gasteiger partial charge in [-0.25, -0.2) is 0 Å². The van der Waals surface area contributed by atoms with Crippen LogP contribution < -0.4 is 0 Å². The predicted molar refractivity (Wildman–Crippen MR) is 50.6 cm³/mol. The van der Waals surface area contributed by atoms with Gasteiger partial charge in [0.2, 0.25) is 0 Å². The van der Waals surface area contributed by atoms with E-state index >= 15 is 0 Å². The third-order valence-corrected chi connectivity index (χ3v) is 1.78. The van der Waals surface area contributed by atoms with Crippen LogP contribution in [-0.4, -0.2) is 18.7 Å². The van der Waals surface area contributed by atoms with Gasteiger partial charge in [-0.1, -0.05) is 18.6 Å². The van der Waals surface area contributed by atoms with E-state index in [1.54, 1.807) is 12.1 Å². The molecule has 1 N–H and O–H groups in total. The van der Waals surface area contributed by atoms with E-state index in [9.17, 15) is 0 Å². The molecule has 1 aromatic rings. The van der Waals surface area contributed by atoms with Crippen molar-refractivity contribution in [2.24, 2.45) is 0 Å². The van der Waals surface area contributed by atoms with E-state index in [1.807, 2.05) is 19.2 Å². The molecule has 0 saturated carbocycles. The van der Waals surface area contributed by atoms with Crippen LogP contribution in [0.25, 0.3) is 5.32 Å². The van der Waals surface area contributed by atoms with Crippen LogP contribution in [0.1, 0.15) is 12.0 Å². The lowest BCUT2D eigenvalue weighted by molar-refractivity contribution is 0.475. The summed E-state index contributed by atoms with van der Waals surface area (Å²) < 4.78 is 0. The van der Waals surface area contributed by atoms with E-state index in [4.69, 9.17) is 5.11 Å². The highest BCUT2D eigenvalue weighted by molar-refractivity contribution is 5.25. The monoisotopic (exact) mass is 164 g/mol. The normalized spacial score (nSPS) is 10.1. The average molecular weight is 164 g/mol. The summed E-state index contributed by atoms with van der Waals surface area (Å²) in [6.07, 6.45) is 2.12. The Labute approximate surface area is 73.2 Å². The molecule has 0 aliphatic rings. The van der Waals surface area contributed by atoms with Gasteiger partial charge in [-0.05, 0) is 24.1 Å². The maximum Gasteiger partial charge on any atom is 0.115 e. The molecule has 1 rings (SSSR count). The number of hydrogen-bond acceptors (Lipinski definition) is 1. The second-order valence-electron chi connectivity index (χ2n) is 2.81. The average Bonchev–Trinajstić information content (AvgIpc) is 2.09. The van der Waals surface area contributed by atoms with Crippen LogP contribution in [-0.2, 0) is 6.42 Å². The molecular weight excluding hydrogens is 150 g/mol. The fourth-order valence-electron chi connectivity index (χ4n) is 1.10. The van der Waals surface area contributed by atoms with Crippen molar-refractivity contribution in [3.63, 3.8) is 0 Å². The van der Waals surface area contributed by atoms with Gasteiger partial charge in [-0.15, -0.1) is 6.54 Å². The zero-order valence-electron chi connectivity index (χ0n) is 7.33. The van der Waals surface area contributed by atoms with Crippen molar-refractivity contribution in [2.45, 2.75) is 12.8 Å². The summed E-state index contributed by atoms with van der Waals surface area (Å²) in [7, 11) is 1.83. The van der Waals surface area contributed by atoms with Crippen LogP contribution in [0, 0.1) is 0 Å². The number of phenols is 1. The van der Waals surface area contributed by atoms with Gasteiger partial charge in [0.1, 0.15) is 5.75 Å². The highest BCUT2D eigenvalue weighted by Crippen LogP contribution is 2.11. The molecule has 2 nitrogen and oxygen atoms in total. The van der Waals surface area contributed by atoms with E-state index in [-0.39, 0.29) is 0 Å². The summed E-state index contributed by atoms with van der Waals surface area (Å²) in [5.41, 5.74) is 1.26. The fourth-order valence-corrected chi connectivity index (χ4v) is 1.10. The number of rotatable bonds is 4. The van der Waals surface area contributed by atoms with Crippen molar-refractivity contribution in [2.75, 3.05) is 13.6 Å². The molecule has 1 aromatic carbocycles. The van der Waals surface area contributed by atoms with Crippen LogP contribution in [0.15, 0.2) is 24.3 Å². The molecule has 2 heteroatoms. The molecule has 0 spiro atoms. The van der Waals surface area contributed by atoms with Crippen molar-refractivity contribution in [3.8, 4) is 5.75 Å². The quantitative estimate of drug-likeness (QED) is 0.681. The minimum atomic E-state index is 0.332. The van der Waals surface area contributed by atoms with E-state index in [0.717, 1.165) is 19.4 Å². The number of phenolic OH excluding ortho intramolecular Hbond substituents is 1. The molecule has 0 aromatic heterocycles. The topological polar surface area (TPSA) is 34.3 Å². The van der Waals surface area contributed by atoms with Crippen LogP contribution in [0.2, 0.25) is 0 Å². The first-order valence-corrected chi connectivity index (χ1v) is 4.16. The third-order valence-electron chi connectivity index (χ3n) is 1.78. The van der Waals surface area contributed by atoms with Crippen LogP contribution in [0.3, 0.4) is 0 Å².